The monoisotopic (exact) mass is 292 g/mol. The molecule has 0 fully saturated rings. The Bertz CT molecular complexity index is 479. The Morgan fingerprint density at radius 3 is 2.39 bits per heavy atom. The molecule has 11 heteroatoms. The van der Waals surface area contributed by atoms with Gasteiger partial charge in [-0.05, 0) is 0 Å². The number of rotatable bonds is 3. The molecule has 0 N–H and O–H groups in total. The number of halogens is 6. The van der Waals surface area contributed by atoms with Crippen LogP contribution >= 0.6 is 11.6 Å². The maximum Gasteiger partial charge on any atom is 0.574 e. The number of pyridine rings is 1. The van der Waals surface area contributed by atoms with E-state index in [1.807, 2.05) is 0 Å². The smallest absolute Gasteiger partial charge is 0.381 e. The molecule has 1 heterocycles. The summed E-state index contributed by atoms with van der Waals surface area (Å²) >= 11 is 5.22. The largest absolute Gasteiger partial charge is 0.574 e. The standard InChI is InChI=1S/C7H2ClF5N2O3/c8-3-2(5(9)10)1-14-6(4(3)15(16)17)18-7(11,12)13/h1,5H. The Hall–Kier alpha value is -1.71. The maximum absolute atomic E-state index is 12.3. The maximum atomic E-state index is 12.3. The molecule has 1 rings (SSSR count). The molecule has 0 aliphatic carbocycles. The third-order valence-electron chi connectivity index (χ3n) is 1.61. The molecular formula is C7H2ClF5N2O3. The second-order valence-electron chi connectivity index (χ2n) is 2.79. The lowest BCUT2D eigenvalue weighted by Gasteiger charge is -2.10. The molecule has 0 aromatic carbocycles. The first-order valence-electron chi connectivity index (χ1n) is 4.00. The summed E-state index contributed by atoms with van der Waals surface area (Å²) in [6.07, 6.45) is -8.20. The van der Waals surface area contributed by atoms with E-state index in [0.29, 0.717) is 0 Å². The van der Waals surface area contributed by atoms with Crippen molar-refractivity contribution in [2.24, 2.45) is 0 Å². The summed E-state index contributed by atoms with van der Waals surface area (Å²) in [5.41, 5.74) is -2.52. The molecule has 100 valence electrons. The van der Waals surface area contributed by atoms with Crippen molar-refractivity contribution in [3.05, 3.63) is 26.9 Å². The highest BCUT2D eigenvalue weighted by molar-refractivity contribution is 6.33. The summed E-state index contributed by atoms with van der Waals surface area (Å²) in [6, 6.07) is 0. The average molecular weight is 293 g/mol. The van der Waals surface area contributed by atoms with E-state index in [9.17, 15) is 32.1 Å². The van der Waals surface area contributed by atoms with Crippen LogP contribution in [0.3, 0.4) is 0 Å². The van der Waals surface area contributed by atoms with E-state index in [0.717, 1.165) is 0 Å². The first-order valence-corrected chi connectivity index (χ1v) is 4.38. The highest BCUT2D eigenvalue weighted by Crippen LogP contribution is 2.40. The van der Waals surface area contributed by atoms with Crippen molar-refractivity contribution in [3.8, 4) is 5.88 Å². The van der Waals surface area contributed by atoms with Gasteiger partial charge >= 0.3 is 17.9 Å². The lowest BCUT2D eigenvalue weighted by Crippen LogP contribution is -2.19. The molecule has 1 aromatic rings. The van der Waals surface area contributed by atoms with Gasteiger partial charge in [0.25, 0.3) is 6.43 Å². The molecule has 18 heavy (non-hydrogen) atoms. The first-order chi connectivity index (χ1) is 8.13. The minimum Gasteiger partial charge on any atom is -0.381 e. The van der Waals surface area contributed by atoms with Crippen molar-refractivity contribution in [1.29, 1.82) is 0 Å². The van der Waals surface area contributed by atoms with Crippen LogP contribution in [0.2, 0.25) is 5.02 Å². The van der Waals surface area contributed by atoms with Crippen LogP contribution in [-0.4, -0.2) is 16.3 Å². The number of nitrogens with zero attached hydrogens (tertiary/aromatic N) is 2. The molecule has 0 saturated heterocycles. The van der Waals surface area contributed by atoms with Gasteiger partial charge < -0.3 is 4.74 Å². The second-order valence-corrected chi connectivity index (χ2v) is 3.16. The summed E-state index contributed by atoms with van der Waals surface area (Å²) in [5.74, 6) is -1.50. The molecule has 1 aromatic heterocycles. The topological polar surface area (TPSA) is 65.3 Å². The number of hydrogen-bond donors (Lipinski definition) is 0. The zero-order chi connectivity index (χ0) is 14.1. The molecule has 0 spiro atoms. The SMILES string of the molecule is O=[N+]([O-])c1c(OC(F)(F)F)ncc(C(F)F)c1Cl. The van der Waals surface area contributed by atoms with Crippen molar-refractivity contribution in [1.82, 2.24) is 4.98 Å². The Morgan fingerprint density at radius 2 is 2.00 bits per heavy atom. The van der Waals surface area contributed by atoms with Gasteiger partial charge in [0.15, 0.2) is 0 Å². The van der Waals surface area contributed by atoms with Crippen LogP contribution in [0.1, 0.15) is 12.0 Å². The van der Waals surface area contributed by atoms with E-state index in [-0.39, 0.29) is 6.20 Å². The quantitative estimate of drug-likeness (QED) is 0.486. The van der Waals surface area contributed by atoms with Crippen molar-refractivity contribution in [2.75, 3.05) is 0 Å². The fourth-order valence-corrected chi connectivity index (χ4v) is 1.25. The van der Waals surface area contributed by atoms with Crippen molar-refractivity contribution in [2.45, 2.75) is 12.8 Å². The van der Waals surface area contributed by atoms with Crippen molar-refractivity contribution >= 4 is 17.3 Å². The van der Waals surface area contributed by atoms with Crippen LogP contribution in [-0.2, 0) is 0 Å². The van der Waals surface area contributed by atoms with Crippen LogP contribution < -0.4 is 4.74 Å². The highest BCUT2D eigenvalue weighted by Gasteiger charge is 2.37. The molecule has 5 nitrogen and oxygen atoms in total. The first kappa shape index (κ1) is 14.4. The van der Waals surface area contributed by atoms with E-state index in [1.54, 1.807) is 0 Å². The summed E-state index contributed by atoms with van der Waals surface area (Å²) in [4.78, 5) is 11.9. The Labute approximate surface area is 100 Å². The van der Waals surface area contributed by atoms with E-state index in [2.05, 4.69) is 9.72 Å². The van der Waals surface area contributed by atoms with Crippen LogP contribution in [0.4, 0.5) is 27.6 Å². The van der Waals surface area contributed by atoms with E-state index < -0.39 is 39.9 Å². The molecule has 0 saturated carbocycles. The van der Waals surface area contributed by atoms with E-state index in [4.69, 9.17) is 11.6 Å². The third-order valence-corrected chi connectivity index (χ3v) is 2.01. The highest BCUT2D eigenvalue weighted by atomic mass is 35.5. The van der Waals surface area contributed by atoms with Crippen LogP contribution in [0.25, 0.3) is 0 Å². The predicted molar refractivity (Wildman–Crippen MR) is 47.5 cm³/mol. The normalized spacial score (nSPS) is 11.7. The summed E-state index contributed by atoms with van der Waals surface area (Å²) < 4.78 is 63.6. The van der Waals surface area contributed by atoms with Gasteiger partial charge in [-0.3, -0.25) is 10.1 Å². The molecule has 0 radical (unpaired) electrons. The van der Waals surface area contributed by atoms with Gasteiger partial charge in [-0.15, -0.1) is 13.2 Å². The molecule has 0 amide bonds. The van der Waals surface area contributed by atoms with Gasteiger partial charge in [-0.25, -0.2) is 13.8 Å². The molecule has 0 aliphatic rings. The Morgan fingerprint density at radius 1 is 1.44 bits per heavy atom. The number of hydrogen-bond acceptors (Lipinski definition) is 4. The molecular weight excluding hydrogens is 291 g/mol. The molecule has 0 atom stereocenters. The minimum absolute atomic E-state index is 0.279. The summed E-state index contributed by atoms with van der Waals surface area (Å²) in [7, 11) is 0. The Kier molecular flexibility index (Phi) is 3.89. The van der Waals surface area contributed by atoms with Gasteiger partial charge in [-0.1, -0.05) is 11.6 Å². The summed E-state index contributed by atoms with van der Waals surface area (Å²) in [5, 5.41) is 9.34. The third kappa shape index (κ3) is 3.15. The van der Waals surface area contributed by atoms with Gasteiger partial charge in [0, 0.05) is 6.20 Å². The van der Waals surface area contributed by atoms with E-state index >= 15 is 0 Å². The van der Waals surface area contributed by atoms with Crippen LogP contribution in [0.5, 0.6) is 5.88 Å². The molecule has 0 aliphatic heterocycles. The predicted octanol–water partition coefficient (Wildman–Crippen LogP) is 3.48. The Balaban J connectivity index is 3.37. The van der Waals surface area contributed by atoms with Gasteiger partial charge in [0.05, 0.1) is 10.5 Å². The average Bonchev–Trinajstić information content (AvgIpc) is 2.13. The number of aromatic nitrogens is 1. The van der Waals surface area contributed by atoms with Gasteiger partial charge in [0.2, 0.25) is 0 Å². The van der Waals surface area contributed by atoms with Gasteiger partial charge in [-0.2, -0.15) is 0 Å². The fraction of sp³-hybridized carbons (Fsp3) is 0.286. The number of alkyl halides is 5. The van der Waals surface area contributed by atoms with Crippen molar-refractivity contribution in [3.63, 3.8) is 0 Å². The lowest BCUT2D eigenvalue weighted by molar-refractivity contribution is -0.389. The second kappa shape index (κ2) is 4.88. The van der Waals surface area contributed by atoms with Gasteiger partial charge in [0.1, 0.15) is 5.02 Å². The zero-order valence-electron chi connectivity index (χ0n) is 8.04. The number of nitro groups is 1. The van der Waals surface area contributed by atoms with E-state index in [1.165, 1.54) is 0 Å². The van der Waals surface area contributed by atoms with Crippen molar-refractivity contribution < 1.29 is 31.6 Å². The fourth-order valence-electron chi connectivity index (χ4n) is 0.971. The number of ether oxygens (including phenoxy) is 1. The van der Waals surface area contributed by atoms with Crippen LogP contribution in [0, 0.1) is 10.1 Å². The molecule has 0 bridgehead atoms. The summed E-state index contributed by atoms with van der Waals surface area (Å²) in [6.45, 7) is 0. The van der Waals surface area contributed by atoms with Crippen LogP contribution in [0.15, 0.2) is 6.20 Å². The zero-order valence-corrected chi connectivity index (χ0v) is 8.80. The lowest BCUT2D eigenvalue weighted by atomic mass is 10.2. The minimum atomic E-state index is -5.26. The molecule has 0 unspecified atom stereocenters.